The van der Waals surface area contributed by atoms with Crippen LogP contribution in [0.1, 0.15) is 17.2 Å². The molecule has 0 aromatic heterocycles. The third kappa shape index (κ3) is 2.75. The molecule has 0 fully saturated rings. The highest BCUT2D eigenvalue weighted by molar-refractivity contribution is 6.30. The third-order valence-corrected chi connectivity index (χ3v) is 2.17. The lowest BCUT2D eigenvalue weighted by atomic mass is 10.0. The van der Waals surface area contributed by atoms with Crippen LogP contribution in [-0.4, -0.2) is 11.7 Å². The lowest BCUT2D eigenvalue weighted by molar-refractivity contribution is 0.458. The van der Waals surface area contributed by atoms with E-state index in [1.54, 1.807) is 19.1 Å². The summed E-state index contributed by atoms with van der Waals surface area (Å²) in [7, 11) is 0. The molecule has 5 heteroatoms. The van der Waals surface area contributed by atoms with Gasteiger partial charge in [-0.2, -0.15) is 0 Å². The maximum atomic E-state index is 9.63. The fourth-order valence-electron chi connectivity index (χ4n) is 1.17. The standard InChI is InChI=1S/C9H13ClN2O.ClH/c1-5-2-6(10)3-7(9(5)13)8(12)4-11;/h2-3,8,13H,4,11-12H2,1H3;1H/t8-;/m0./s1. The second-order valence-corrected chi connectivity index (χ2v) is 3.44. The molecule has 0 spiro atoms. The van der Waals surface area contributed by atoms with Crippen LogP contribution in [0, 0.1) is 6.92 Å². The zero-order valence-electron chi connectivity index (χ0n) is 7.83. The predicted molar refractivity (Wildman–Crippen MR) is 61.1 cm³/mol. The Kier molecular flexibility index (Phi) is 5.23. The maximum Gasteiger partial charge on any atom is 0.123 e. The first-order valence-corrected chi connectivity index (χ1v) is 4.38. The van der Waals surface area contributed by atoms with Gasteiger partial charge in [0.05, 0.1) is 0 Å². The van der Waals surface area contributed by atoms with Crippen LogP contribution < -0.4 is 11.5 Å². The van der Waals surface area contributed by atoms with Crippen LogP contribution in [0.2, 0.25) is 5.02 Å². The van der Waals surface area contributed by atoms with E-state index < -0.39 is 0 Å². The van der Waals surface area contributed by atoms with Crippen molar-refractivity contribution in [1.82, 2.24) is 0 Å². The number of aryl methyl sites for hydroxylation is 1. The van der Waals surface area contributed by atoms with E-state index in [0.29, 0.717) is 16.1 Å². The number of halogens is 2. The van der Waals surface area contributed by atoms with Crippen LogP contribution >= 0.6 is 24.0 Å². The summed E-state index contributed by atoms with van der Waals surface area (Å²) in [5.74, 6) is 0.183. The van der Waals surface area contributed by atoms with Gasteiger partial charge in [0.2, 0.25) is 0 Å². The number of aromatic hydroxyl groups is 1. The summed E-state index contributed by atoms with van der Waals surface area (Å²) in [5, 5.41) is 10.2. The largest absolute Gasteiger partial charge is 0.507 e. The molecule has 80 valence electrons. The summed E-state index contributed by atoms with van der Waals surface area (Å²) < 4.78 is 0. The summed E-state index contributed by atoms with van der Waals surface area (Å²) >= 11 is 5.82. The Morgan fingerprint density at radius 2 is 2.07 bits per heavy atom. The van der Waals surface area contributed by atoms with E-state index in [9.17, 15) is 5.11 Å². The molecule has 0 bridgehead atoms. The molecule has 1 aromatic carbocycles. The molecule has 3 nitrogen and oxygen atoms in total. The van der Waals surface area contributed by atoms with E-state index in [2.05, 4.69) is 0 Å². The third-order valence-electron chi connectivity index (χ3n) is 1.95. The molecule has 1 rings (SSSR count). The Bertz CT molecular complexity index is 318. The van der Waals surface area contributed by atoms with Gasteiger partial charge in [-0.05, 0) is 24.6 Å². The van der Waals surface area contributed by atoms with E-state index in [1.165, 1.54) is 0 Å². The van der Waals surface area contributed by atoms with Crippen LogP contribution in [0.15, 0.2) is 12.1 Å². The average Bonchev–Trinajstić information content (AvgIpc) is 2.10. The van der Waals surface area contributed by atoms with Crippen molar-refractivity contribution in [2.75, 3.05) is 6.54 Å². The molecule has 0 saturated heterocycles. The van der Waals surface area contributed by atoms with Crippen molar-refractivity contribution >= 4 is 24.0 Å². The summed E-state index contributed by atoms with van der Waals surface area (Å²) in [5.41, 5.74) is 12.4. The SMILES string of the molecule is Cc1cc(Cl)cc([C@@H](N)CN)c1O.Cl. The molecule has 14 heavy (non-hydrogen) atoms. The minimum absolute atomic E-state index is 0. The van der Waals surface area contributed by atoms with Gasteiger partial charge in [0.15, 0.2) is 0 Å². The van der Waals surface area contributed by atoms with Gasteiger partial charge in [0, 0.05) is 23.2 Å². The van der Waals surface area contributed by atoms with Gasteiger partial charge in [-0.15, -0.1) is 12.4 Å². The molecule has 5 N–H and O–H groups in total. The molecular weight excluding hydrogens is 223 g/mol. The van der Waals surface area contributed by atoms with Gasteiger partial charge in [-0.25, -0.2) is 0 Å². The number of hydrogen-bond acceptors (Lipinski definition) is 3. The minimum Gasteiger partial charge on any atom is -0.507 e. The number of rotatable bonds is 2. The summed E-state index contributed by atoms with van der Waals surface area (Å²) in [4.78, 5) is 0. The second-order valence-electron chi connectivity index (χ2n) is 3.00. The predicted octanol–water partition coefficient (Wildman–Crippen LogP) is 1.73. The van der Waals surface area contributed by atoms with E-state index in [4.69, 9.17) is 23.1 Å². The van der Waals surface area contributed by atoms with Crippen molar-refractivity contribution in [3.8, 4) is 5.75 Å². The van der Waals surface area contributed by atoms with Crippen LogP contribution in [0.5, 0.6) is 5.75 Å². The molecular formula is C9H14Cl2N2O. The number of nitrogens with two attached hydrogens (primary N) is 2. The van der Waals surface area contributed by atoms with Crippen LogP contribution in [0.25, 0.3) is 0 Å². The lowest BCUT2D eigenvalue weighted by Crippen LogP contribution is -2.20. The zero-order valence-corrected chi connectivity index (χ0v) is 9.40. The highest BCUT2D eigenvalue weighted by Crippen LogP contribution is 2.29. The molecule has 0 aliphatic heterocycles. The van der Waals surface area contributed by atoms with Crippen LogP contribution in [0.4, 0.5) is 0 Å². The maximum absolute atomic E-state index is 9.63. The summed E-state index contributed by atoms with van der Waals surface area (Å²) in [6.45, 7) is 2.06. The highest BCUT2D eigenvalue weighted by atomic mass is 35.5. The topological polar surface area (TPSA) is 72.3 Å². The number of phenols is 1. The summed E-state index contributed by atoms with van der Waals surface area (Å²) in [6.07, 6.45) is 0. The molecule has 0 unspecified atom stereocenters. The van der Waals surface area contributed by atoms with E-state index in [1.807, 2.05) is 0 Å². The molecule has 0 heterocycles. The fourth-order valence-corrected chi connectivity index (χ4v) is 1.45. The number of hydrogen-bond donors (Lipinski definition) is 3. The first-order chi connectivity index (χ1) is 6.06. The van der Waals surface area contributed by atoms with Crippen molar-refractivity contribution < 1.29 is 5.11 Å². The first-order valence-electron chi connectivity index (χ1n) is 4.01. The van der Waals surface area contributed by atoms with Crippen LogP contribution in [0.3, 0.4) is 0 Å². The molecule has 0 aliphatic rings. The van der Waals surface area contributed by atoms with Gasteiger partial charge >= 0.3 is 0 Å². The molecule has 1 atom stereocenters. The van der Waals surface area contributed by atoms with Gasteiger partial charge in [0.25, 0.3) is 0 Å². The van der Waals surface area contributed by atoms with E-state index >= 15 is 0 Å². The fraction of sp³-hybridized carbons (Fsp3) is 0.333. The van der Waals surface area contributed by atoms with Crippen molar-refractivity contribution in [2.24, 2.45) is 11.5 Å². The molecule has 0 aliphatic carbocycles. The molecule has 0 radical (unpaired) electrons. The number of phenolic OH excluding ortho intramolecular Hbond substituents is 1. The first kappa shape index (κ1) is 13.5. The zero-order chi connectivity index (χ0) is 10.0. The monoisotopic (exact) mass is 236 g/mol. The highest BCUT2D eigenvalue weighted by Gasteiger charge is 2.11. The Morgan fingerprint density at radius 1 is 1.50 bits per heavy atom. The molecule has 0 amide bonds. The van der Waals surface area contributed by atoms with Crippen molar-refractivity contribution in [2.45, 2.75) is 13.0 Å². The summed E-state index contributed by atoms with van der Waals surface area (Å²) in [6, 6.07) is 2.96. The Labute approximate surface area is 94.5 Å². The quantitative estimate of drug-likeness (QED) is 0.733. The minimum atomic E-state index is -0.364. The second kappa shape index (κ2) is 5.41. The van der Waals surface area contributed by atoms with E-state index in [-0.39, 0.29) is 30.7 Å². The average molecular weight is 237 g/mol. The Morgan fingerprint density at radius 3 is 2.57 bits per heavy atom. The Balaban J connectivity index is 0.00000169. The van der Waals surface area contributed by atoms with Gasteiger partial charge in [-0.1, -0.05) is 11.6 Å². The van der Waals surface area contributed by atoms with Crippen molar-refractivity contribution in [1.29, 1.82) is 0 Å². The normalized spacial score (nSPS) is 12.0. The lowest BCUT2D eigenvalue weighted by Gasteiger charge is -2.13. The van der Waals surface area contributed by atoms with Gasteiger partial charge < -0.3 is 16.6 Å². The van der Waals surface area contributed by atoms with Gasteiger partial charge in [0.1, 0.15) is 5.75 Å². The molecule has 1 aromatic rings. The smallest absolute Gasteiger partial charge is 0.123 e. The van der Waals surface area contributed by atoms with Crippen molar-refractivity contribution in [3.05, 3.63) is 28.3 Å². The van der Waals surface area contributed by atoms with Crippen LogP contribution in [-0.2, 0) is 0 Å². The number of benzene rings is 1. The van der Waals surface area contributed by atoms with E-state index in [0.717, 1.165) is 0 Å². The van der Waals surface area contributed by atoms with Gasteiger partial charge in [-0.3, -0.25) is 0 Å². The van der Waals surface area contributed by atoms with Crippen molar-refractivity contribution in [3.63, 3.8) is 0 Å². The molecule has 0 saturated carbocycles. The Hall–Kier alpha value is -0.480.